The molecule has 1 amide bonds. The van der Waals surface area contributed by atoms with Crippen LogP contribution in [-0.2, 0) is 14.6 Å². The Labute approximate surface area is 119 Å². The molecule has 116 valence electrons. The van der Waals surface area contributed by atoms with Crippen molar-refractivity contribution in [2.45, 2.75) is 29.3 Å². The number of sulfone groups is 1. The molecule has 1 aliphatic heterocycles. The van der Waals surface area contributed by atoms with Crippen molar-refractivity contribution >= 4 is 21.4 Å². The van der Waals surface area contributed by atoms with E-state index in [1.807, 2.05) is 0 Å². The molecule has 1 aromatic carbocycles. The van der Waals surface area contributed by atoms with E-state index in [2.05, 4.69) is 10.6 Å². The van der Waals surface area contributed by atoms with Crippen molar-refractivity contribution in [3.05, 3.63) is 24.3 Å². The lowest BCUT2D eigenvalue weighted by Gasteiger charge is -2.23. The fourth-order valence-electron chi connectivity index (χ4n) is 1.97. The number of nitrogens with one attached hydrogen (secondary N) is 2. The van der Waals surface area contributed by atoms with Crippen LogP contribution in [0.1, 0.15) is 12.8 Å². The predicted molar refractivity (Wildman–Crippen MR) is 69.3 cm³/mol. The maximum Gasteiger partial charge on any atom is 0.501 e. The van der Waals surface area contributed by atoms with Crippen LogP contribution in [-0.4, -0.2) is 32.4 Å². The van der Waals surface area contributed by atoms with Crippen LogP contribution < -0.4 is 10.6 Å². The quantitative estimate of drug-likeness (QED) is 0.888. The van der Waals surface area contributed by atoms with Gasteiger partial charge in [0.05, 0.1) is 4.90 Å². The second-order valence-corrected chi connectivity index (χ2v) is 6.54. The Morgan fingerprint density at radius 2 is 1.81 bits per heavy atom. The zero-order valence-electron chi connectivity index (χ0n) is 10.8. The zero-order chi connectivity index (χ0) is 15.7. The van der Waals surface area contributed by atoms with Crippen LogP contribution in [0.4, 0.5) is 18.9 Å². The van der Waals surface area contributed by atoms with Gasteiger partial charge in [-0.15, -0.1) is 0 Å². The number of carbonyl (C=O) groups excluding carboxylic acids is 1. The first kappa shape index (κ1) is 15.6. The Balaban J connectivity index is 2.14. The third-order valence-electron chi connectivity index (χ3n) is 3.10. The van der Waals surface area contributed by atoms with E-state index >= 15 is 0 Å². The zero-order valence-corrected chi connectivity index (χ0v) is 11.6. The van der Waals surface area contributed by atoms with Gasteiger partial charge in [0.25, 0.3) is 9.84 Å². The van der Waals surface area contributed by atoms with E-state index in [9.17, 15) is 26.4 Å². The molecule has 21 heavy (non-hydrogen) atoms. The third-order valence-corrected chi connectivity index (χ3v) is 4.60. The molecule has 1 heterocycles. The molecule has 0 saturated carbocycles. The second kappa shape index (κ2) is 5.55. The molecule has 2 rings (SSSR count). The summed E-state index contributed by atoms with van der Waals surface area (Å²) < 4.78 is 59.6. The van der Waals surface area contributed by atoms with Crippen molar-refractivity contribution in [2.75, 3.05) is 11.9 Å². The second-order valence-electron chi connectivity index (χ2n) is 4.60. The number of carbonyl (C=O) groups is 1. The fourth-order valence-corrected chi connectivity index (χ4v) is 2.74. The summed E-state index contributed by atoms with van der Waals surface area (Å²) in [6, 6.07) is 3.68. The molecule has 1 atom stereocenters. The van der Waals surface area contributed by atoms with Gasteiger partial charge in [0.2, 0.25) is 5.91 Å². The Kier molecular flexibility index (Phi) is 4.13. The highest BCUT2D eigenvalue weighted by molar-refractivity contribution is 7.92. The molecule has 5 nitrogen and oxygen atoms in total. The predicted octanol–water partition coefficient (Wildman–Crippen LogP) is 1.67. The Bertz CT molecular complexity index is 626. The van der Waals surface area contributed by atoms with E-state index in [0.717, 1.165) is 18.6 Å². The average molecular weight is 322 g/mol. The molecule has 0 aromatic heterocycles. The topological polar surface area (TPSA) is 75.3 Å². The van der Waals surface area contributed by atoms with Crippen molar-refractivity contribution in [3.8, 4) is 0 Å². The molecular weight excluding hydrogens is 309 g/mol. The molecule has 1 aliphatic rings. The molecule has 1 fully saturated rings. The molecule has 9 heteroatoms. The van der Waals surface area contributed by atoms with Crippen molar-refractivity contribution < 1.29 is 26.4 Å². The van der Waals surface area contributed by atoms with Gasteiger partial charge in [-0.1, -0.05) is 0 Å². The average Bonchev–Trinajstić information content (AvgIpc) is 2.41. The number of anilines is 1. The van der Waals surface area contributed by atoms with Crippen molar-refractivity contribution in [1.82, 2.24) is 5.32 Å². The van der Waals surface area contributed by atoms with Crippen molar-refractivity contribution in [3.63, 3.8) is 0 Å². The molecule has 0 aliphatic carbocycles. The van der Waals surface area contributed by atoms with E-state index in [0.29, 0.717) is 18.7 Å². The van der Waals surface area contributed by atoms with Gasteiger partial charge in [0.15, 0.2) is 0 Å². The van der Waals surface area contributed by atoms with Crippen LogP contribution >= 0.6 is 0 Å². The van der Waals surface area contributed by atoms with Gasteiger partial charge < -0.3 is 10.6 Å². The standard InChI is InChI=1S/C12H13F3N2O3S/c13-12(14,15)21(19,20)9-5-3-8(4-6-9)17-10-2-1-7-16-11(10)18/h3-6,10,17H,1-2,7H2,(H,16,18). The molecule has 2 N–H and O–H groups in total. The summed E-state index contributed by atoms with van der Waals surface area (Å²) in [6.07, 6.45) is 1.40. The molecule has 0 bridgehead atoms. The first-order valence-electron chi connectivity index (χ1n) is 6.17. The van der Waals surface area contributed by atoms with E-state index in [1.54, 1.807) is 0 Å². The maximum absolute atomic E-state index is 12.4. The van der Waals surface area contributed by atoms with E-state index in [-0.39, 0.29) is 5.91 Å². The Morgan fingerprint density at radius 3 is 2.33 bits per heavy atom. The minimum absolute atomic E-state index is 0.187. The van der Waals surface area contributed by atoms with Crippen LogP contribution in [0, 0.1) is 0 Å². The lowest BCUT2D eigenvalue weighted by Crippen LogP contribution is -2.44. The number of amides is 1. The summed E-state index contributed by atoms with van der Waals surface area (Å²) >= 11 is 0. The highest BCUT2D eigenvalue weighted by Crippen LogP contribution is 2.30. The largest absolute Gasteiger partial charge is 0.501 e. The summed E-state index contributed by atoms with van der Waals surface area (Å²) in [5.41, 5.74) is -4.94. The van der Waals surface area contributed by atoms with Gasteiger partial charge in [0.1, 0.15) is 6.04 Å². The first-order chi connectivity index (χ1) is 9.72. The van der Waals surface area contributed by atoms with Gasteiger partial charge in [-0.25, -0.2) is 8.42 Å². The molecule has 0 spiro atoms. The SMILES string of the molecule is O=C1NCCCC1Nc1ccc(S(=O)(=O)C(F)(F)F)cc1. The first-order valence-corrected chi connectivity index (χ1v) is 7.66. The minimum Gasteiger partial charge on any atom is -0.374 e. The summed E-state index contributed by atoms with van der Waals surface area (Å²) in [5.74, 6) is -0.187. The maximum atomic E-state index is 12.4. The summed E-state index contributed by atoms with van der Waals surface area (Å²) in [5, 5.41) is 5.52. The Morgan fingerprint density at radius 1 is 1.19 bits per heavy atom. The van der Waals surface area contributed by atoms with Crippen molar-refractivity contribution in [2.24, 2.45) is 0 Å². The number of rotatable bonds is 3. The smallest absolute Gasteiger partial charge is 0.374 e. The molecule has 0 radical (unpaired) electrons. The van der Waals surface area contributed by atoms with Crippen LogP contribution in [0.2, 0.25) is 0 Å². The fraction of sp³-hybridized carbons (Fsp3) is 0.417. The minimum atomic E-state index is -5.34. The van der Waals surface area contributed by atoms with E-state index in [1.165, 1.54) is 12.1 Å². The van der Waals surface area contributed by atoms with Crippen LogP contribution in [0.5, 0.6) is 0 Å². The van der Waals surface area contributed by atoms with Crippen LogP contribution in [0.15, 0.2) is 29.2 Å². The summed E-state index contributed by atoms with van der Waals surface area (Å²) in [7, 11) is -5.34. The van der Waals surface area contributed by atoms with Gasteiger partial charge in [-0.2, -0.15) is 13.2 Å². The highest BCUT2D eigenvalue weighted by atomic mass is 32.2. The summed E-state index contributed by atoms with van der Waals surface area (Å²) in [4.78, 5) is 10.7. The molecular formula is C12H13F3N2O3S. The van der Waals surface area contributed by atoms with E-state index < -0.39 is 26.3 Å². The lowest BCUT2D eigenvalue weighted by molar-refractivity contribution is -0.123. The van der Waals surface area contributed by atoms with Crippen LogP contribution in [0.3, 0.4) is 0 Å². The monoisotopic (exact) mass is 322 g/mol. The van der Waals surface area contributed by atoms with Gasteiger partial charge in [0, 0.05) is 12.2 Å². The number of alkyl halides is 3. The molecule has 1 unspecified atom stereocenters. The number of hydrogen-bond acceptors (Lipinski definition) is 4. The van der Waals surface area contributed by atoms with Gasteiger partial charge in [-0.3, -0.25) is 4.79 Å². The number of halogens is 3. The van der Waals surface area contributed by atoms with Crippen molar-refractivity contribution in [1.29, 1.82) is 0 Å². The van der Waals surface area contributed by atoms with Gasteiger partial charge in [-0.05, 0) is 37.1 Å². The molecule has 1 saturated heterocycles. The number of piperidine rings is 1. The Hall–Kier alpha value is -1.77. The number of hydrogen-bond donors (Lipinski definition) is 2. The van der Waals surface area contributed by atoms with E-state index in [4.69, 9.17) is 0 Å². The molecule has 1 aromatic rings. The van der Waals surface area contributed by atoms with Crippen LogP contribution in [0.25, 0.3) is 0 Å². The third kappa shape index (κ3) is 3.29. The lowest BCUT2D eigenvalue weighted by atomic mass is 10.1. The highest BCUT2D eigenvalue weighted by Gasteiger charge is 2.46. The summed E-state index contributed by atoms with van der Waals surface area (Å²) in [6.45, 7) is 0.597. The normalized spacial score (nSPS) is 20.0. The number of benzene rings is 1. The van der Waals surface area contributed by atoms with Gasteiger partial charge >= 0.3 is 5.51 Å².